The standard InChI is InChI=1S/C17H26BrNO2/c1-6-19-16(17(4)8-7-9-21-17)14-12(3)13(18)10-11(2)15(14)20-5/h10,16,19H,6-9H2,1-5H3. The minimum absolute atomic E-state index is 0.135. The lowest BCUT2D eigenvalue weighted by molar-refractivity contribution is -0.0128. The third-order valence-electron chi connectivity index (χ3n) is 4.47. The van der Waals surface area contributed by atoms with Crippen LogP contribution in [0.25, 0.3) is 0 Å². The molecule has 1 aliphatic heterocycles. The van der Waals surface area contributed by atoms with E-state index in [1.165, 1.54) is 11.1 Å². The van der Waals surface area contributed by atoms with Crippen LogP contribution >= 0.6 is 15.9 Å². The summed E-state index contributed by atoms with van der Waals surface area (Å²) in [4.78, 5) is 0. The zero-order valence-corrected chi connectivity index (χ0v) is 15.3. The summed E-state index contributed by atoms with van der Waals surface area (Å²) < 4.78 is 13.0. The van der Waals surface area contributed by atoms with Gasteiger partial charge < -0.3 is 14.8 Å². The summed E-state index contributed by atoms with van der Waals surface area (Å²) >= 11 is 3.68. The smallest absolute Gasteiger partial charge is 0.126 e. The molecule has 0 amide bonds. The van der Waals surface area contributed by atoms with Gasteiger partial charge in [0, 0.05) is 16.6 Å². The van der Waals surface area contributed by atoms with Gasteiger partial charge in [-0.2, -0.15) is 0 Å². The summed E-state index contributed by atoms with van der Waals surface area (Å²) in [5, 5.41) is 3.63. The fraction of sp³-hybridized carbons (Fsp3) is 0.647. The number of ether oxygens (including phenoxy) is 2. The van der Waals surface area contributed by atoms with Crippen molar-refractivity contribution < 1.29 is 9.47 Å². The number of hydrogen-bond donors (Lipinski definition) is 1. The van der Waals surface area contributed by atoms with Crippen molar-refractivity contribution in [1.82, 2.24) is 5.32 Å². The molecule has 1 aliphatic rings. The number of hydrogen-bond acceptors (Lipinski definition) is 3. The Labute approximate surface area is 136 Å². The monoisotopic (exact) mass is 355 g/mol. The molecule has 1 N–H and O–H groups in total. The van der Waals surface area contributed by atoms with Crippen LogP contribution in [0.1, 0.15) is 49.4 Å². The average Bonchev–Trinajstić information content (AvgIpc) is 2.88. The Hall–Kier alpha value is -0.580. The molecule has 2 unspecified atom stereocenters. The molecular formula is C17H26BrNO2. The molecule has 3 nitrogen and oxygen atoms in total. The summed E-state index contributed by atoms with van der Waals surface area (Å²) in [7, 11) is 1.75. The van der Waals surface area contributed by atoms with Crippen molar-refractivity contribution in [2.45, 2.75) is 52.2 Å². The van der Waals surface area contributed by atoms with Crippen LogP contribution in [0.5, 0.6) is 5.75 Å². The molecule has 0 bridgehead atoms. The van der Waals surface area contributed by atoms with E-state index in [0.717, 1.165) is 41.8 Å². The molecule has 0 saturated carbocycles. The van der Waals surface area contributed by atoms with Crippen molar-refractivity contribution in [1.29, 1.82) is 0 Å². The van der Waals surface area contributed by atoms with Crippen LogP contribution in [-0.4, -0.2) is 25.9 Å². The fourth-order valence-electron chi connectivity index (χ4n) is 3.35. The van der Waals surface area contributed by atoms with Gasteiger partial charge in [-0.15, -0.1) is 0 Å². The first kappa shape index (κ1) is 16.8. The van der Waals surface area contributed by atoms with Crippen LogP contribution in [0.3, 0.4) is 0 Å². The third kappa shape index (κ3) is 3.13. The van der Waals surface area contributed by atoms with Crippen LogP contribution < -0.4 is 10.1 Å². The van der Waals surface area contributed by atoms with Gasteiger partial charge in [0.2, 0.25) is 0 Å². The molecule has 0 aliphatic carbocycles. The molecule has 4 heteroatoms. The van der Waals surface area contributed by atoms with E-state index in [2.05, 4.69) is 55.0 Å². The fourth-order valence-corrected chi connectivity index (χ4v) is 3.91. The normalized spacial score (nSPS) is 23.3. The van der Waals surface area contributed by atoms with Gasteiger partial charge in [-0.25, -0.2) is 0 Å². The van der Waals surface area contributed by atoms with Gasteiger partial charge in [0.25, 0.3) is 0 Å². The first-order valence-corrected chi connectivity index (χ1v) is 8.44. The maximum atomic E-state index is 6.11. The van der Waals surface area contributed by atoms with Crippen molar-refractivity contribution in [2.75, 3.05) is 20.3 Å². The van der Waals surface area contributed by atoms with Crippen molar-refractivity contribution in [3.8, 4) is 5.75 Å². The second-order valence-corrected chi connectivity index (χ2v) is 6.86. The zero-order chi connectivity index (χ0) is 15.6. The van der Waals surface area contributed by atoms with E-state index in [1.54, 1.807) is 7.11 Å². The minimum atomic E-state index is -0.179. The predicted octanol–water partition coefficient (Wildman–Crippen LogP) is 4.29. The number of aryl methyl sites for hydroxylation is 1. The molecule has 1 heterocycles. The van der Waals surface area contributed by atoms with Gasteiger partial charge in [-0.1, -0.05) is 22.9 Å². The Balaban J connectivity index is 2.59. The molecular weight excluding hydrogens is 330 g/mol. The Morgan fingerprint density at radius 3 is 2.71 bits per heavy atom. The first-order chi connectivity index (χ1) is 9.94. The van der Waals surface area contributed by atoms with E-state index < -0.39 is 0 Å². The molecule has 0 aromatic heterocycles. The van der Waals surface area contributed by atoms with E-state index in [0.29, 0.717) is 0 Å². The lowest BCUT2D eigenvalue weighted by Gasteiger charge is -2.36. The molecule has 0 radical (unpaired) electrons. The van der Waals surface area contributed by atoms with E-state index in [-0.39, 0.29) is 11.6 Å². The third-order valence-corrected chi connectivity index (χ3v) is 5.29. The predicted molar refractivity (Wildman–Crippen MR) is 90.2 cm³/mol. The van der Waals surface area contributed by atoms with Crippen LogP contribution in [0.15, 0.2) is 10.5 Å². The highest BCUT2D eigenvalue weighted by Crippen LogP contribution is 2.44. The molecule has 1 saturated heterocycles. The number of benzene rings is 1. The topological polar surface area (TPSA) is 30.5 Å². The summed E-state index contributed by atoms with van der Waals surface area (Å²) in [6.07, 6.45) is 2.19. The number of halogens is 1. The van der Waals surface area contributed by atoms with E-state index >= 15 is 0 Å². The van der Waals surface area contributed by atoms with Gasteiger partial charge in [0.1, 0.15) is 5.75 Å². The number of nitrogens with one attached hydrogen (secondary N) is 1. The van der Waals surface area contributed by atoms with Crippen LogP contribution in [0.4, 0.5) is 0 Å². The van der Waals surface area contributed by atoms with Crippen molar-refractivity contribution in [3.63, 3.8) is 0 Å². The van der Waals surface area contributed by atoms with Gasteiger partial charge in [-0.05, 0) is 57.4 Å². The Morgan fingerprint density at radius 1 is 1.48 bits per heavy atom. The number of rotatable bonds is 5. The second-order valence-electron chi connectivity index (χ2n) is 6.00. The van der Waals surface area contributed by atoms with E-state index in [1.807, 2.05) is 0 Å². The van der Waals surface area contributed by atoms with Crippen molar-refractivity contribution >= 4 is 15.9 Å². The molecule has 2 rings (SSSR count). The Morgan fingerprint density at radius 2 is 2.19 bits per heavy atom. The van der Waals surface area contributed by atoms with E-state index in [9.17, 15) is 0 Å². The highest BCUT2D eigenvalue weighted by Gasteiger charge is 2.41. The molecule has 1 aromatic rings. The average molecular weight is 356 g/mol. The van der Waals surface area contributed by atoms with Gasteiger partial charge in [0.05, 0.1) is 18.8 Å². The molecule has 1 aromatic carbocycles. The largest absolute Gasteiger partial charge is 0.496 e. The first-order valence-electron chi connectivity index (χ1n) is 7.65. The number of likely N-dealkylation sites (N-methyl/N-ethyl adjacent to an activating group) is 1. The molecule has 118 valence electrons. The highest BCUT2D eigenvalue weighted by atomic mass is 79.9. The summed E-state index contributed by atoms with van der Waals surface area (Å²) in [6.45, 7) is 10.3. The lowest BCUT2D eigenvalue weighted by Crippen LogP contribution is -2.42. The van der Waals surface area contributed by atoms with Crippen LogP contribution in [-0.2, 0) is 4.74 Å². The van der Waals surface area contributed by atoms with Crippen molar-refractivity contribution in [3.05, 3.63) is 27.2 Å². The molecule has 2 atom stereocenters. The van der Waals surface area contributed by atoms with Gasteiger partial charge in [-0.3, -0.25) is 0 Å². The second kappa shape index (κ2) is 6.67. The lowest BCUT2D eigenvalue weighted by atomic mass is 9.84. The SMILES string of the molecule is CCNC(c1c(C)c(Br)cc(C)c1OC)C1(C)CCCO1. The molecule has 21 heavy (non-hydrogen) atoms. The minimum Gasteiger partial charge on any atom is -0.496 e. The summed E-state index contributed by atoms with van der Waals surface area (Å²) in [6, 6.07) is 2.26. The maximum absolute atomic E-state index is 6.11. The van der Waals surface area contributed by atoms with Gasteiger partial charge >= 0.3 is 0 Å². The van der Waals surface area contributed by atoms with Crippen LogP contribution in [0, 0.1) is 13.8 Å². The summed E-state index contributed by atoms with van der Waals surface area (Å²) in [5.74, 6) is 0.971. The quantitative estimate of drug-likeness (QED) is 0.854. The highest BCUT2D eigenvalue weighted by molar-refractivity contribution is 9.10. The summed E-state index contributed by atoms with van der Waals surface area (Å²) in [5.41, 5.74) is 3.41. The number of methoxy groups -OCH3 is 1. The molecule has 0 spiro atoms. The zero-order valence-electron chi connectivity index (χ0n) is 13.7. The Bertz CT molecular complexity index is 510. The van der Waals surface area contributed by atoms with E-state index in [4.69, 9.17) is 9.47 Å². The van der Waals surface area contributed by atoms with Crippen LogP contribution in [0.2, 0.25) is 0 Å². The Kier molecular flexibility index (Phi) is 5.33. The molecule has 1 fully saturated rings. The maximum Gasteiger partial charge on any atom is 0.126 e. The van der Waals surface area contributed by atoms with Gasteiger partial charge in [0.15, 0.2) is 0 Å². The van der Waals surface area contributed by atoms with Crippen molar-refractivity contribution in [2.24, 2.45) is 0 Å².